The summed E-state index contributed by atoms with van der Waals surface area (Å²) < 4.78 is 14.9. The predicted octanol–water partition coefficient (Wildman–Crippen LogP) is 4.09. The molecule has 4 aromatic rings. The van der Waals surface area contributed by atoms with Gasteiger partial charge in [0.15, 0.2) is 11.3 Å². The van der Waals surface area contributed by atoms with Crippen LogP contribution < -0.4 is 10.1 Å². The van der Waals surface area contributed by atoms with E-state index in [-0.39, 0.29) is 30.0 Å². The quantitative estimate of drug-likeness (QED) is 0.417. The number of aromatic nitrogens is 6. The highest BCUT2D eigenvalue weighted by atomic mass is 16.6. The number of carbonyl (C=O) groups is 2. The van der Waals surface area contributed by atoms with Crippen molar-refractivity contribution < 1.29 is 19.1 Å². The minimum absolute atomic E-state index is 0.111. The Morgan fingerprint density at radius 1 is 1.18 bits per heavy atom. The summed E-state index contributed by atoms with van der Waals surface area (Å²) in [7, 11) is 0. The van der Waals surface area contributed by atoms with Crippen molar-refractivity contribution in [2.24, 2.45) is 0 Å². The highest BCUT2D eigenvalue weighted by Crippen LogP contribution is 2.31. The van der Waals surface area contributed by atoms with Crippen molar-refractivity contribution in [1.29, 1.82) is 0 Å². The maximum Gasteiger partial charge on any atom is 0.410 e. The molecule has 0 radical (unpaired) electrons. The van der Waals surface area contributed by atoms with Gasteiger partial charge in [-0.2, -0.15) is 15.2 Å². The molecule has 0 saturated carbocycles. The summed E-state index contributed by atoms with van der Waals surface area (Å²) in [6, 6.07) is 3.67. The molecule has 1 N–H and O–H groups in total. The van der Waals surface area contributed by atoms with Gasteiger partial charge in [0.2, 0.25) is 5.88 Å². The molecule has 5 rings (SSSR count). The molecule has 38 heavy (non-hydrogen) atoms. The summed E-state index contributed by atoms with van der Waals surface area (Å²) in [5, 5.41) is 12.6. The number of carbonyl (C=O) groups excluding carboxylic acids is 2. The molecule has 5 heterocycles. The van der Waals surface area contributed by atoms with E-state index < -0.39 is 5.60 Å². The number of likely N-dealkylation sites (tertiary alicyclic amines) is 1. The van der Waals surface area contributed by atoms with Crippen molar-refractivity contribution in [2.75, 3.05) is 18.4 Å². The van der Waals surface area contributed by atoms with Crippen molar-refractivity contribution in [3.8, 4) is 5.88 Å². The molecule has 0 unspecified atom stereocenters. The fourth-order valence-electron chi connectivity index (χ4n) is 4.36. The van der Waals surface area contributed by atoms with E-state index in [4.69, 9.17) is 14.6 Å². The highest BCUT2D eigenvalue weighted by molar-refractivity contribution is 6.09. The second kappa shape index (κ2) is 9.92. The van der Waals surface area contributed by atoms with E-state index in [1.165, 1.54) is 6.20 Å². The van der Waals surface area contributed by atoms with E-state index in [0.717, 1.165) is 18.2 Å². The van der Waals surface area contributed by atoms with Gasteiger partial charge < -0.3 is 19.7 Å². The second-order valence-electron chi connectivity index (χ2n) is 10.6. The maximum atomic E-state index is 13.1. The number of amides is 2. The lowest BCUT2D eigenvalue weighted by Gasteiger charge is -2.33. The Labute approximate surface area is 219 Å². The molecule has 1 aliphatic heterocycles. The lowest BCUT2D eigenvalue weighted by Crippen LogP contribution is -2.42. The van der Waals surface area contributed by atoms with Gasteiger partial charge in [0.05, 0.1) is 18.3 Å². The van der Waals surface area contributed by atoms with Gasteiger partial charge in [-0.15, -0.1) is 0 Å². The molecule has 4 aromatic heterocycles. The number of fused-ring (bicyclic) bond motifs is 2. The molecule has 0 spiro atoms. The zero-order valence-corrected chi connectivity index (χ0v) is 22.2. The number of anilines is 1. The number of nitrogens with zero attached hydrogens (tertiary/aromatic N) is 7. The van der Waals surface area contributed by atoms with Crippen molar-refractivity contribution in [3.05, 3.63) is 42.5 Å². The molecule has 0 aliphatic carbocycles. The number of piperidine rings is 1. The average Bonchev–Trinajstić information content (AvgIpc) is 3.47. The third-order valence-electron chi connectivity index (χ3n) is 6.09. The van der Waals surface area contributed by atoms with Crippen LogP contribution in [0.15, 0.2) is 36.9 Å². The van der Waals surface area contributed by atoms with Gasteiger partial charge in [0.1, 0.15) is 16.9 Å². The molecule has 0 bridgehead atoms. The van der Waals surface area contributed by atoms with Crippen LogP contribution in [0.1, 0.15) is 63.9 Å². The number of pyridine rings is 1. The zero-order chi connectivity index (χ0) is 27.0. The van der Waals surface area contributed by atoms with Crippen LogP contribution in [0.3, 0.4) is 0 Å². The van der Waals surface area contributed by atoms with Crippen LogP contribution in [0.2, 0.25) is 0 Å². The number of hydrogen-bond donors (Lipinski definition) is 1. The van der Waals surface area contributed by atoms with Crippen molar-refractivity contribution >= 4 is 34.4 Å². The smallest absolute Gasteiger partial charge is 0.410 e. The lowest BCUT2D eigenvalue weighted by molar-refractivity contribution is 0.0185. The Balaban J connectivity index is 1.36. The lowest BCUT2D eigenvalue weighted by atomic mass is 10.1. The van der Waals surface area contributed by atoms with Crippen LogP contribution >= 0.6 is 0 Å². The molecule has 200 valence electrons. The monoisotopic (exact) mass is 520 g/mol. The second-order valence-corrected chi connectivity index (χ2v) is 10.6. The van der Waals surface area contributed by atoms with Crippen molar-refractivity contribution in [2.45, 2.75) is 65.2 Å². The summed E-state index contributed by atoms with van der Waals surface area (Å²) in [5.41, 5.74) is 1.23. The standard InChI is InChI=1S/C26H32N8O4/c1-16(2)37-24-20(29-23(35)19-14-28-33-10-6-9-27-22(19)33)13-17-15-34(31-21(17)30-24)18-7-11-32(12-8-18)25(36)38-26(3,4)5/h6,9-10,13-16,18H,7-8,11-12H2,1-5H3,(H,29,35). The van der Waals surface area contributed by atoms with Crippen LogP contribution in [0.5, 0.6) is 5.88 Å². The van der Waals surface area contributed by atoms with Gasteiger partial charge in [0, 0.05) is 37.1 Å². The Kier molecular flexibility index (Phi) is 6.64. The largest absolute Gasteiger partial charge is 0.473 e. The summed E-state index contributed by atoms with van der Waals surface area (Å²) in [6.45, 7) is 10.5. The predicted molar refractivity (Wildman–Crippen MR) is 140 cm³/mol. The minimum Gasteiger partial charge on any atom is -0.473 e. The molecule has 2 amide bonds. The van der Waals surface area contributed by atoms with Crippen molar-refractivity contribution in [3.63, 3.8) is 0 Å². The van der Waals surface area contributed by atoms with E-state index >= 15 is 0 Å². The first-order valence-electron chi connectivity index (χ1n) is 12.7. The van der Waals surface area contributed by atoms with Crippen molar-refractivity contribution in [1.82, 2.24) is 34.3 Å². The van der Waals surface area contributed by atoms with Gasteiger partial charge in [-0.1, -0.05) is 0 Å². The van der Waals surface area contributed by atoms with E-state index in [0.29, 0.717) is 35.6 Å². The third kappa shape index (κ3) is 5.38. The van der Waals surface area contributed by atoms with Gasteiger partial charge in [-0.3, -0.25) is 9.48 Å². The Hall–Kier alpha value is -4.22. The van der Waals surface area contributed by atoms with Crippen LogP contribution in [-0.2, 0) is 4.74 Å². The number of rotatable bonds is 5. The molecule has 12 heteroatoms. The first-order valence-corrected chi connectivity index (χ1v) is 12.7. The maximum absolute atomic E-state index is 13.1. The fourth-order valence-corrected chi connectivity index (χ4v) is 4.36. The zero-order valence-electron chi connectivity index (χ0n) is 22.2. The number of ether oxygens (including phenoxy) is 2. The highest BCUT2D eigenvalue weighted by Gasteiger charge is 2.28. The Morgan fingerprint density at radius 3 is 2.66 bits per heavy atom. The SMILES string of the molecule is CC(C)Oc1nc2nn(C3CCN(C(=O)OC(C)(C)C)CC3)cc2cc1NC(=O)c1cnn2cccnc12. The fraction of sp³-hybridized carbons (Fsp3) is 0.462. The summed E-state index contributed by atoms with van der Waals surface area (Å²) >= 11 is 0. The molecule has 0 atom stereocenters. The topological polar surface area (TPSA) is 129 Å². The van der Waals surface area contributed by atoms with Crippen LogP contribution in [0.4, 0.5) is 10.5 Å². The van der Waals surface area contributed by atoms with Crippen LogP contribution in [0, 0.1) is 0 Å². The van der Waals surface area contributed by atoms with E-state index in [1.54, 1.807) is 27.9 Å². The van der Waals surface area contributed by atoms with Gasteiger partial charge in [0.25, 0.3) is 5.91 Å². The Morgan fingerprint density at radius 2 is 1.95 bits per heavy atom. The normalized spacial score (nSPS) is 14.8. The first kappa shape index (κ1) is 25.4. The van der Waals surface area contributed by atoms with E-state index in [9.17, 15) is 9.59 Å². The molecule has 0 aromatic carbocycles. The van der Waals surface area contributed by atoms with Gasteiger partial charge >= 0.3 is 6.09 Å². The Bertz CT molecular complexity index is 1480. The number of nitrogens with one attached hydrogen (secondary N) is 1. The summed E-state index contributed by atoms with van der Waals surface area (Å²) in [5.74, 6) is -0.0781. The summed E-state index contributed by atoms with van der Waals surface area (Å²) in [4.78, 5) is 36.2. The molecule has 1 aliphatic rings. The molecular weight excluding hydrogens is 488 g/mol. The van der Waals surface area contributed by atoms with E-state index in [2.05, 4.69) is 20.4 Å². The molecule has 1 saturated heterocycles. The summed E-state index contributed by atoms with van der Waals surface area (Å²) in [6.07, 6.45) is 7.78. The number of hydrogen-bond acceptors (Lipinski definition) is 8. The molecular formula is C26H32N8O4. The van der Waals surface area contributed by atoms with Gasteiger partial charge in [-0.25, -0.2) is 14.3 Å². The van der Waals surface area contributed by atoms with Crippen LogP contribution in [0.25, 0.3) is 16.7 Å². The minimum atomic E-state index is -0.524. The first-order chi connectivity index (χ1) is 18.1. The van der Waals surface area contributed by atoms with Crippen LogP contribution in [-0.4, -0.2) is 71.1 Å². The molecule has 12 nitrogen and oxygen atoms in total. The third-order valence-corrected chi connectivity index (χ3v) is 6.09. The molecule has 1 fully saturated rings. The van der Waals surface area contributed by atoms with E-state index in [1.807, 2.05) is 51.6 Å². The van der Waals surface area contributed by atoms with Gasteiger partial charge in [-0.05, 0) is 59.6 Å². The average molecular weight is 521 g/mol.